The molecule has 8 nitrogen and oxygen atoms in total. The molecule has 0 saturated carbocycles. The van der Waals surface area contributed by atoms with Crippen LogP contribution in [0.5, 0.6) is 11.5 Å². The van der Waals surface area contributed by atoms with Gasteiger partial charge in [0, 0.05) is 0 Å². The highest BCUT2D eigenvalue weighted by Crippen LogP contribution is 2.31. The summed E-state index contributed by atoms with van der Waals surface area (Å²) in [5.74, 6) is 0.0950. The zero-order valence-corrected chi connectivity index (χ0v) is 23.9. The van der Waals surface area contributed by atoms with E-state index in [0.717, 1.165) is 16.7 Å². The Balaban J connectivity index is 1.50. The maximum atomic E-state index is 13.8. The van der Waals surface area contributed by atoms with Crippen molar-refractivity contribution in [2.24, 2.45) is 4.99 Å². The lowest BCUT2D eigenvalue weighted by Gasteiger charge is -2.24. The Hall–Kier alpha value is -4.76. The molecule has 0 spiro atoms. The highest BCUT2D eigenvalue weighted by molar-refractivity contribution is 7.07. The summed E-state index contributed by atoms with van der Waals surface area (Å²) in [6, 6.07) is 20.6. The number of aryl methyl sites for hydroxylation is 1. The molecule has 0 saturated heterocycles. The number of hydrogen-bond acceptors (Lipinski definition) is 8. The summed E-state index contributed by atoms with van der Waals surface area (Å²) < 4.78 is 18.1. The normalized spacial score (nSPS) is 14.7. The molecule has 4 aromatic rings. The molecule has 0 N–H and O–H groups in total. The molecular weight excluding hydrogens is 540 g/mol. The monoisotopic (exact) mass is 568 g/mol. The first-order valence-corrected chi connectivity index (χ1v) is 13.8. The topological polar surface area (TPSA) is 96.2 Å². The maximum Gasteiger partial charge on any atom is 0.343 e. The first-order chi connectivity index (χ1) is 19.8. The highest BCUT2D eigenvalue weighted by Gasteiger charge is 2.33. The fourth-order valence-electron chi connectivity index (χ4n) is 4.61. The van der Waals surface area contributed by atoms with E-state index in [1.807, 2.05) is 25.1 Å². The smallest absolute Gasteiger partial charge is 0.343 e. The van der Waals surface area contributed by atoms with E-state index in [1.165, 1.54) is 15.9 Å². The van der Waals surface area contributed by atoms with E-state index in [9.17, 15) is 14.4 Å². The Bertz CT molecular complexity index is 1830. The summed E-state index contributed by atoms with van der Waals surface area (Å²) in [5.41, 5.74) is 3.45. The Labute approximate surface area is 240 Å². The third kappa shape index (κ3) is 5.76. The number of methoxy groups -OCH3 is 1. The Morgan fingerprint density at radius 3 is 2.34 bits per heavy atom. The molecule has 1 aromatic heterocycles. The molecule has 3 aromatic carbocycles. The summed E-state index contributed by atoms with van der Waals surface area (Å²) in [6.45, 7) is 5.59. The van der Waals surface area contributed by atoms with E-state index < -0.39 is 18.0 Å². The molecule has 9 heteroatoms. The van der Waals surface area contributed by atoms with Crippen LogP contribution in [0.2, 0.25) is 0 Å². The fraction of sp³-hybridized carbons (Fsp3) is 0.188. The van der Waals surface area contributed by atoms with Gasteiger partial charge in [-0.3, -0.25) is 9.36 Å². The lowest BCUT2D eigenvalue weighted by atomic mass is 9.96. The second kappa shape index (κ2) is 11.8. The van der Waals surface area contributed by atoms with E-state index in [-0.39, 0.29) is 12.2 Å². The number of ether oxygens (including phenoxy) is 3. The van der Waals surface area contributed by atoms with E-state index in [2.05, 4.69) is 4.99 Å². The molecule has 0 amide bonds. The minimum absolute atomic E-state index is 0.200. The van der Waals surface area contributed by atoms with Crippen LogP contribution in [0.25, 0.3) is 6.08 Å². The van der Waals surface area contributed by atoms with E-state index in [0.29, 0.717) is 37.7 Å². The van der Waals surface area contributed by atoms with Crippen LogP contribution in [0, 0.1) is 6.92 Å². The Morgan fingerprint density at radius 1 is 0.976 bits per heavy atom. The summed E-state index contributed by atoms with van der Waals surface area (Å²) >= 11 is 1.24. The lowest BCUT2D eigenvalue weighted by molar-refractivity contribution is -0.139. The molecule has 0 radical (unpaired) electrons. The largest absolute Gasteiger partial charge is 0.497 e. The summed E-state index contributed by atoms with van der Waals surface area (Å²) in [6.07, 6.45) is 1.75. The molecule has 1 atom stereocenters. The molecule has 0 unspecified atom stereocenters. The average Bonchev–Trinajstić information content (AvgIpc) is 3.27. The second-order valence-corrected chi connectivity index (χ2v) is 10.4. The van der Waals surface area contributed by atoms with Gasteiger partial charge in [-0.2, -0.15) is 0 Å². The van der Waals surface area contributed by atoms with Crippen LogP contribution in [-0.4, -0.2) is 30.2 Å². The van der Waals surface area contributed by atoms with Crippen molar-refractivity contribution in [2.45, 2.75) is 26.8 Å². The SMILES string of the molecule is CCOC(=O)C1=C(C)N=c2s/c(=C\c3ccc(OC(=O)c4cccc(C)c4)cc3)c(=O)n2[C@@H]1c1ccc(OC)cc1. The van der Waals surface area contributed by atoms with Crippen molar-refractivity contribution >= 4 is 29.4 Å². The fourth-order valence-corrected chi connectivity index (χ4v) is 5.66. The van der Waals surface area contributed by atoms with Gasteiger partial charge in [0.25, 0.3) is 5.56 Å². The number of nitrogens with zero attached hydrogens (tertiary/aromatic N) is 2. The number of carbonyl (C=O) groups is 2. The molecular formula is C32H28N2O6S. The van der Waals surface area contributed by atoms with Crippen LogP contribution < -0.4 is 24.4 Å². The number of carbonyl (C=O) groups excluding carboxylic acids is 2. The summed E-state index contributed by atoms with van der Waals surface area (Å²) in [5, 5.41) is 0. The van der Waals surface area contributed by atoms with Gasteiger partial charge < -0.3 is 14.2 Å². The lowest BCUT2D eigenvalue weighted by Crippen LogP contribution is -2.39. The van der Waals surface area contributed by atoms with Gasteiger partial charge in [0.05, 0.1) is 41.1 Å². The number of esters is 2. The van der Waals surface area contributed by atoms with Gasteiger partial charge in [-0.05, 0) is 74.4 Å². The minimum Gasteiger partial charge on any atom is -0.497 e. The third-order valence-corrected chi connectivity index (χ3v) is 7.57. The molecule has 1 aliphatic heterocycles. The predicted molar refractivity (Wildman–Crippen MR) is 156 cm³/mol. The van der Waals surface area contributed by atoms with Crippen molar-refractivity contribution in [2.75, 3.05) is 13.7 Å². The molecule has 0 fully saturated rings. The van der Waals surface area contributed by atoms with Crippen molar-refractivity contribution in [3.8, 4) is 11.5 Å². The number of hydrogen-bond donors (Lipinski definition) is 0. The maximum absolute atomic E-state index is 13.8. The van der Waals surface area contributed by atoms with Gasteiger partial charge in [-0.25, -0.2) is 14.6 Å². The van der Waals surface area contributed by atoms with Crippen molar-refractivity contribution in [3.05, 3.63) is 126 Å². The van der Waals surface area contributed by atoms with Crippen LogP contribution in [0.15, 0.2) is 93.9 Å². The van der Waals surface area contributed by atoms with Crippen molar-refractivity contribution in [1.29, 1.82) is 0 Å². The molecule has 5 rings (SSSR count). The van der Waals surface area contributed by atoms with Crippen LogP contribution in [0.4, 0.5) is 0 Å². The molecule has 2 heterocycles. The molecule has 0 aliphatic carbocycles. The van der Waals surface area contributed by atoms with Crippen LogP contribution in [-0.2, 0) is 9.53 Å². The zero-order chi connectivity index (χ0) is 29.1. The standard InChI is InChI=1S/C32H28N2O6S/c1-5-39-31(37)27-20(3)33-32-34(28(27)22-11-15-24(38-4)16-12-22)29(35)26(41-32)18-21-9-13-25(14-10-21)40-30(36)23-8-6-7-19(2)17-23/h6-18,28H,5H2,1-4H3/b26-18-/t28-/m1/s1. The zero-order valence-electron chi connectivity index (χ0n) is 23.0. The first kappa shape index (κ1) is 27.8. The quantitative estimate of drug-likeness (QED) is 0.243. The number of aromatic nitrogens is 1. The molecule has 41 heavy (non-hydrogen) atoms. The van der Waals surface area contributed by atoms with Crippen molar-refractivity contribution in [1.82, 2.24) is 4.57 Å². The Morgan fingerprint density at radius 2 is 1.68 bits per heavy atom. The van der Waals surface area contributed by atoms with Crippen LogP contribution >= 0.6 is 11.3 Å². The molecule has 0 bridgehead atoms. The number of fused-ring (bicyclic) bond motifs is 1. The van der Waals surface area contributed by atoms with Crippen molar-refractivity contribution in [3.63, 3.8) is 0 Å². The Kier molecular flexibility index (Phi) is 7.98. The van der Waals surface area contributed by atoms with Gasteiger partial charge in [0.1, 0.15) is 11.5 Å². The number of thiazole rings is 1. The average molecular weight is 569 g/mol. The van der Waals surface area contributed by atoms with E-state index in [4.69, 9.17) is 14.2 Å². The molecule has 1 aliphatic rings. The van der Waals surface area contributed by atoms with Gasteiger partial charge in [0.2, 0.25) is 0 Å². The second-order valence-electron chi connectivity index (χ2n) is 9.40. The van der Waals surface area contributed by atoms with Crippen LogP contribution in [0.1, 0.15) is 46.9 Å². The van der Waals surface area contributed by atoms with Gasteiger partial charge >= 0.3 is 11.9 Å². The predicted octanol–water partition coefficient (Wildman–Crippen LogP) is 4.33. The highest BCUT2D eigenvalue weighted by atomic mass is 32.1. The van der Waals surface area contributed by atoms with Gasteiger partial charge in [-0.15, -0.1) is 0 Å². The van der Waals surface area contributed by atoms with Crippen molar-refractivity contribution < 1.29 is 23.8 Å². The van der Waals surface area contributed by atoms with Gasteiger partial charge in [-0.1, -0.05) is 53.3 Å². The number of allylic oxidation sites excluding steroid dienone is 1. The third-order valence-electron chi connectivity index (χ3n) is 6.59. The first-order valence-electron chi connectivity index (χ1n) is 13.0. The minimum atomic E-state index is -0.707. The summed E-state index contributed by atoms with van der Waals surface area (Å²) in [4.78, 5) is 44.4. The van der Waals surface area contributed by atoms with E-state index >= 15 is 0 Å². The number of rotatable bonds is 7. The van der Waals surface area contributed by atoms with E-state index in [1.54, 1.807) is 81.6 Å². The summed E-state index contributed by atoms with van der Waals surface area (Å²) in [7, 11) is 1.58. The van der Waals surface area contributed by atoms with Crippen LogP contribution in [0.3, 0.4) is 0 Å². The number of benzene rings is 3. The molecule has 208 valence electrons. The van der Waals surface area contributed by atoms with Gasteiger partial charge in [0.15, 0.2) is 4.80 Å².